The number of hydrogen-bond donors (Lipinski definition) is 1. The molecule has 0 bridgehead atoms. The molecule has 0 amide bonds. The number of ether oxygens (including phenoxy) is 1. The highest BCUT2D eigenvalue weighted by molar-refractivity contribution is 5.39. The number of piperidine rings is 1. The van der Waals surface area contributed by atoms with Crippen LogP contribution in [0.3, 0.4) is 0 Å². The summed E-state index contributed by atoms with van der Waals surface area (Å²) in [5.74, 6) is 0.746. The first-order valence-electron chi connectivity index (χ1n) is 9.15. The van der Waals surface area contributed by atoms with Gasteiger partial charge in [-0.15, -0.1) is 0 Å². The minimum absolute atomic E-state index is 0.0858. The molecule has 1 spiro atoms. The largest absolute Gasteiger partial charge is 0.371 e. The molecule has 2 saturated heterocycles. The van der Waals surface area contributed by atoms with Gasteiger partial charge >= 0.3 is 0 Å². The van der Waals surface area contributed by atoms with Gasteiger partial charge < -0.3 is 10.1 Å². The van der Waals surface area contributed by atoms with E-state index < -0.39 is 0 Å². The monoisotopic (exact) mass is 349 g/mol. The van der Waals surface area contributed by atoms with E-state index in [-0.39, 0.29) is 11.6 Å². The summed E-state index contributed by atoms with van der Waals surface area (Å²) in [5.41, 5.74) is 1.45. The summed E-state index contributed by atoms with van der Waals surface area (Å²) in [6.07, 6.45) is 5.05. The Morgan fingerprint density at radius 3 is 3.12 bits per heavy atom. The van der Waals surface area contributed by atoms with Gasteiger partial charge in [0, 0.05) is 25.7 Å². The quantitative estimate of drug-likeness (QED) is 0.914. The summed E-state index contributed by atoms with van der Waals surface area (Å²) in [7, 11) is 0. The Labute approximate surface area is 153 Å². The van der Waals surface area contributed by atoms with E-state index in [1.54, 1.807) is 6.07 Å². The number of nitrogens with one attached hydrogen (secondary N) is 1. The highest BCUT2D eigenvalue weighted by Crippen LogP contribution is 2.36. The van der Waals surface area contributed by atoms with Crippen molar-refractivity contribution in [3.8, 4) is 6.07 Å². The van der Waals surface area contributed by atoms with Gasteiger partial charge in [0.1, 0.15) is 17.6 Å². The van der Waals surface area contributed by atoms with Gasteiger partial charge in [-0.2, -0.15) is 5.26 Å². The summed E-state index contributed by atoms with van der Waals surface area (Å²) in [5, 5.41) is 12.4. The highest BCUT2D eigenvalue weighted by Gasteiger charge is 2.43. The van der Waals surface area contributed by atoms with Gasteiger partial charge in [-0.25, -0.2) is 4.98 Å². The Morgan fingerprint density at radius 1 is 1.31 bits per heavy atom. The zero-order valence-corrected chi connectivity index (χ0v) is 14.8. The van der Waals surface area contributed by atoms with Crippen molar-refractivity contribution >= 4 is 5.82 Å². The molecule has 4 heterocycles. The summed E-state index contributed by atoms with van der Waals surface area (Å²) in [6, 6.07) is 13.9. The maximum atomic E-state index is 9.00. The van der Waals surface area contributed by atoms with Crippen molar-refractivity contribution in [1.29, 1.82) is 5.26 Å². The Bertz CT molecular complexity index is 790. The predicted molar refractivity (Wildman–Crippen MR) is 98.4 cm³/mol. The molecule has 4 rings (SSSR count). The SMILES string of the molecule is N#Cc1cccc(N[C@H]2CO[C@@]3(CCCN(Cc4ccccn4)C3)C2)n1. The first-order valence-corrected chi connectivity index (χ1v) is 9.15. The number of hydrogen-bond acceptors (Lipinski definition) is 6. The van der Waals surface area contributed by atoms with Crippen LogP contribution in [0.2, 0.25) is 0 Å². The molecule has 1 N–H and O–H groups in total. The van der Waals surface area contributed by atoms with Crippen LogP contribution in [0.1, 0.15) is 30.7 Å². The highest BCUT2D eigenvalue weighted by atomic mass is 16.5. The lowest BCUT2D eigenvalue weighted by Gasteiger charge is -2.39. The van der Waals surface area contributed by atoms with Crippen molar-refractivity contribution in [3.63, 3.8) is 0 Å². The van der Waals surface area contributed by atoms with Crippen LogP contribution in [0.4, 0.5) is 5.82 Å². The standard InChI is InChI=1S/C20H23N5O/c21-12-16-6-3-7-19(23-16)24-18-11-20(26-14-18)8-4-10-25(15-20)13-17-5-1-2-9-22-17/h1-3,5-7,9,18H,4,8,10-11,13-15H2,(H,23,24)/t18-,20+/m1/s1. The number of rotatable bonds is 4. The van der Waals surface area contributed by atoms with Gasteiger partial charge in [0.05, 0.1) is 23.9 Å². The molecule has 0 aliphatic carbocycles. The molecule has 2 aliphatic rings. The average Bonchev–Trinajstić information content (AvgIpc) is 3.04. The first-order chi connectivity index (χ1) is 12.7. The van der Waals surface area contributed by atoms with Gasteiger partial charge in [0.25, 0.3) is 0 Å². The Kier molecular flexibility index (Phi) is 4.83. The second-order valence-electron chi connectivity index (χ2n) is 7.19. The Hall–Kier alpha value is -2.49. The molecular weight excluding hydrogens is 326 g/mol. The maximum absolute atomic E-state index is 9.00. The zero-order chi connectivity index (χ0) is 17.8. The van der Waals surface area contributed by atoms with Crippen molar-refractivity contribution in [2.24, 2.45) is 0 Å². The molecule has 134 valence electrons. The fraction of sp³-hybridized carbons (Fsp3) is 0.450. The van der Waals surface area contributed by atoms with Crippen LogP contribution >= 0.6 is 0 Å². The van der Waals surface area contributed by atoms with Crippen LogP contribution in [0.25, 0.3) is 0 Å². The van der Waals surface area contributed by atoms with E-state index in [1.807, 2.05) is 30.5 Å². The lowest BCUT2D eigenvalue weighted by Crippen LogP contribution is -2.47. The van der Waals surface area contributed by atoms with Crippen LogP contribution in [-0.2, 0) is 11.3 Å². The molecular formula is C20H23N5O. The number of anilines is 1. The predicted octanol–water partition coefficient (Wildman–Crippen LogP) is 2.58. The second-order valence-corrected chi connectivity index (χ2v) is 7.19. The van der Waals surface area contributed by atoms with E-state index in [0.29, 0.717) is 12.3 Å². The van der Waals surface area contributed by atoms with Crippen molar-refractivity contribution < 1.29 is 4.74 Å². The minimum Gasteiger partial charge on any atom is -0.371 e. The van der Waals surface area contributed by atoms with Crippen LogP contribution in [-0.4, -0.2) is 46.2 Å². The van der Waals surface area contributed by atoms with E-state index in [1.165, 1.54) is 0 Å². The molecule has 2 aliphatic heterocycles. The number of likely N-dealkylation sites (tertiary alicyclic amines) is 1. The lowest BCUT2D eigenvalue weighted by molar-refractivity contribution is -0.0535. The molecule has 6 nitrogen and oxygen atoms in total. The smallest absolute Gasteiger partial charge is 0.142 e. The van der Waals surface area contributed by atoms with E-state index in [9.17, 15) is 0 Å². The van der Waals surface area contributed by atoms with Crippen molar-refractivity contribution in [1.82, 2.24) is 14.9 Å². The average molecular weight is 349 g/mol. The zero-order valence-electron chi connectivity index (χ0n) is 14.8. The molecule has 26 heavy (non-hydrogen) atoms. The van der Waals surface area contributed by atoms with Crippen molar-refractivity contribution in [3.05, 3.63) is 54.0 Å². The molecule has 2 aromatic rings. The maximum Gasteiger partial charge on any atom is 0.142 e. The molecule has 0 unspecified atom stereocenters. The normalized spacial score (nSPS) is 25.9. The molecule has 6 heteroatoms. The summed E-state index contributed by atoms with van der Waals surface area (Å²) in [4.78, 5) is 11.2. The topological polar surface area (TPSA) is 74.1 Å². The van der Waals surface area contributed by atoms with Gasteiger partial charge in [0.15, 0.2) is 0 Å². The summed E-state index contributed by atoms with van der Waals surface area (Å²) in [6.45, 7) is 3.57. The summed E-state index contributed by atoms with van der Waals surface area (Å²) < 4.78 is 6.27. The number of aromatic nitrogens is 2. The van der Waals surface area contributed by atoms with Gasteiger partial charge in [-0.3, -0.25) is 9.88 Å². The molecule has 2 fully saturated rings. The van der Waals surface area contributed by atoms with Gasteiger partial charge in [-0.1, -0.05) is 12.1 Å². The fourth-order valence-electron chi connectivity index (χ4n) is 4.05. The van der Waals surface area contributed by atoms with Crippen LogP contribution < -0.4 is 5.32 Å². The number of pyridine rings is 2. The third-order valence-corrected chi connectivity index (χ3v) is 5.16. The van der Waals surface area contributed by atoms with Crippen molar-refractivity contribution in [2.75, 3.05) is 25.0 Å². The first kappa shape index (κ1) is 17.0. The molecule has 0 saturated carbocycles. The minimum atomic E-state index is -0.0858. The molecule has 2 aromatic heterocycles. The third-order valence-electron chi connectivity index (χ3n) is 5.16. The Balaban J connectivity index is 1.37. The van der Waals surface area contributed by atoms with Crippen LogP contribution in [0, 0.1) is 11.3 Å². The van der Waals surface area contributed by atoms with Gasteiger partial charge in [-0.05, 0) is 43.7 Å². The van der Waals surface area contributed by atoms with Crippen molar-refractivity contribution in [2.45, 2.75) is 37.5 Å². The number of nitrogens with zero attached hydrogens (tertiary/aromatic N) is 4. The number of nitriles is 1. The van der Waals surface area contributed by atoms with Crippen LogP contribution in [0.15, 0.2) is 42.6 Å². The van der Waals surface area contributed by atoms with E-state index in [4.69, 9.17) is 10.00 Å². The molecule has 0 aromatic carbocycles. The fourth-order valence-corrected chi connectivity index (χ4v) is 4.05. The lowest BCUT2D eigenvalue weighted by atomic mass is 9.88. The van der Waals surface area contributed by atoms with E-state index >= 15 is 0 Å². The second kappa shape index (κ2) is 7.40. The molecule has 2 atom stereocenters. The summed E-state index contributed by atoms with van der Waals surface area (Å²) >= 11 is 0. The Morgan fingerprint density at radius 2 is 2.27 bits per heavy atom. The van der Waals surface area contributed by atoms with Gasteiger partial charge in [0.2, 0.25) is 0 Å². The van der Waals surface area contributed by atoms with E-state index in [2.05, 4.69) is 32.3 Å². The van der Waals surface area contributed by atoms with E-state index in [0.717, 1.165) is 50.4 Å². The molecule has 0 radical (unpaired) electrons. The third kappa shape index (κ3) is 3.85. The van der Waals surface area contributed by atoms with Crippen LogP contribution in [0.5, 0.6) is 0 Å².